The fourth-order valence-corrected chi connectivity index (χ4v) is 2.98. The molecule has 0 unspecified atom stereocenters. The van der Waals surface area contributed by atoms with Crippen molar-refractivity contribution in [3.63, 3.8) is 0 Å². The maximum atomic E-state index is 9.48. The third-order valence-electron chi connectivity index (χ3n) is 4.35. The van der Waals surface area contributed by atoms with Crippen molar-refractivity contribution in [2.45, 2.75) is 71.8 Å². The summed E-state index contributed by atoms with van der Waals surface area (Å²) in [6, 6.07) is 2.62. The van der Waals surface area contributed by atoms with Gasteiger partial charge in [0.1, 0.15) is 5.54 Å². The molecule has 2 rings (SSSR count). The zero-order valence-corrected chi connectivity index (χ0v) is 12.1. The topological polar surface area (TPSA) is 27.0 Å². The summed E-state index contributed by atoms with van der Waals surface area (Å²) >= 11 is 0. The molecule has 0 aromatic rings. The van der Waals surface area contributed by atoms with Gasteiger partial charge < -0.3 is 0 Å². The van der Waals surface area contributed by atoms with Crippen molar-refractivity contribution in [3.05, 3.63) is 0 Å². The fraction of sp³-hybridized carbons (Fsp3) is 0.933. The number of hydrogen-bond acceptors (Lipinski definition) is 2. The number of rotatable bonds is 1. The molecule has 2 nitrogen and oxygen atoms in total. The Hall–Kier alpha value is -0.550. The zero-order valence-electron chi connectivity index (χ0n) is 12.1. The summed E-state index contributed by atoms with van der Waals surface area (Å²) in [4.78, 5) is 2.45. The summed E-state index contributed by atoms with van der Waals surface area (Å²) in [6.45, 7) is 11.0. The molecule has 0 aromatic carbocycles. The first-order valence-corrected chi connectivity index (χ1v) is 7.24. The molecule has 0 aromatic heterocycles. The Morgan fingerprint density at radius 2 is 1.41 bits per heavy atom. The molecule has 0 atom stereocenters. The van der Waals surface area contributed by atoms with Crippen LogP contribution in [0.5, 0.6) is 0 Å². The molecular weight excluding hydrogens is 208 g/mol. The average Bonchev–Trinajstić information content (AvgIpc) is 2.87. The molecule has 0 N–H and O–H groups in total. The quantitative estimate of drug-likeness (QED) is 0.689. The van der Waals surface area contributed by atoms with Crippen LogP contribution in [-0.2, 0) is 0 Å². The molecule has 1 saturated heterocycles. The largest absolute Gasteiger partial charge is 0.286 e. The summed E-state index contributed by atoms with van der Waals surface area (Å²) in [5.41, 5.74) is 0.353. The first-order valence-electron chi connectivity index (χ1n) is 7.24. The molecule has 0 spiro atoms. The van der Waals surface area contributed by atoms with E-state index in [0.717, 1.165) is 25.9 Å². The highest BCUT2D eigenvalue weighted by Crippen LogP contribution is 2.43. The third kappa shape index (κ3) is 3.22. The van der Waals surface area contributed by atoms with Gasteiger partial charge in [-0.1, -0.05) is 27.7 Å². The third-order valence-corrected chi connectivity index (χ3v) is 4.35. The Bertz CT molecular complexity index is 259. The van der Waals surface area contributed by atoms with Crippen LogP contribution in [0.15, 0.2) is 0 Å². The minimum absolute atomic E-state index is 0.105. The predicted octanol–water partition coefficient (Wildman–Crippen LogP) is 3.97. The standard InChI is InChI=1S/C13H22N2.C2H6/c1-12(2)5-7-13(11-14,8-6-12)15-9-3-4-10-15;1-2/h3-10H2,1-2H3;1-2H3. The van der Waals surface area contributed by atoms with E-state index in [1.165, 1.54) is 25.7 Å². The van der Waals surface area contributed by atoms with Crippen LogP contribution in [0.25, 0.3) is 0 Å². The van der Waals surface area contributed by atoms with Gasteiger partial charge in [0.05, 0.1) is 6.07 Å². The smallest absolute Gasteiger partial charge is 0.109 e. The summed E-state index contributed by atoms with van der Waals surface area (Å²) in [6.07, 6.45) is 7.14. The van der Waals surface area contributed by atoms with Gasteiger partial charge in [0.2, 0.25) is 0 Å². The molecule has 1 aliphatic carbocycles. The van der Waals surface area contributed by atoms with Crippen LogP contribution in [0, 0.1) is 16.7 Å². The van der Waals surface area contributed by atoms with E-state index in [0.29, 0.717) is 5.41 Å². The lowest BCUT2D eigenvalue weighted by atomic mass is 9.69. The second kappa shape index (κ2) is 5.87. The molecule has 2 fully saturated rings. The molecular formula is C15H28N2. The van der Waals surface area contributed by atoms with Crippen LogP contribution < -0.4 is 0 Å². The Balaban J connectivity index is 0.000000686. The summed E-state index contributed by atoms with van der Waals surface area (Å²) in [5, 5.41) is 9.48. The lowest BCUT2D eigenvalue weighted by Gasteiger charge is -2.44. The Labute approximate surface area is 107 Å². The van der Waals surface area contributed by atoms with E-state index >= 15 is 0 Å². The van der Waals surface area contributed by atoms with Crippen molar-refractivity contribution < 1.29 is 0 Å². The highest BCUT2D eigenvalue weighted by molar-refractivity contribution is 5.12. The molecule has 17 heavy (non-hydrogen) atoms. The summed E-state index contributed by atoms with van der Waals surface area (Å²) in [7, 11) is 0. The molecule has 0 amide bonds. The summed E-state index contributed by atoms with van der Waals surface area (Å²) in [5.74, 6) is 0. The van der Waals surface area contributed by atoms with Crippen molar-refractivity contribution in [3.8, 4) is 6.07 Å². The van der Waals surface area contributed by atoms with E-state index in [2.05, 4.69) is 24.8 Å². The highest BCUT2D eigenvalue weighted by atomic mass is 15.2. The average molecular weight is 236 g/mol. The Kier molecular flexibility index (Phi) is 5.01. The molecule has 1 aliphatic heterocycles. The van der Waals surface area contributed by atoms with Crippen molar-refractivity contribution >= 4 is 0 Å². The van der Waals surface area contributed by atoms with Crippen LogP contribution in [-0.4, -0.2) is 23.5 Å². The van der Waals surface area contributed by atoms with Crippen molar-refractivity contribution in [2.24, 2.45) is 5.41 Å². The normalized spacial score (nSPS) is 26.8. The van der Waals surface area contributed by atoms with Crippen LogP contribution in [0.3, 0.4) is 0 Å². The van der Waals surface area contributed by atoms with E-state index in [-0.39, 0.29) is 5.54 Å². The second-order valence-corrected chi connectivity index (χ2v) is 6.00. The number of nitriles is 1. The molecule has 2 aliphatic rings. The van der Waals surface area contributed by atoms with Gasteiger partial charge in [-0.15, -0.1) is 0 Å². The first kappa shape index (κ1) is 14.5. The van der Waals surface area contributed by atoms with Gasteiger partial charge in [-0.05, 0) is 57.0 Å². The number of hydrogen-bond donors (Lipinski definition) is 0. The number of nitrogens with zero attached hydrogens (tertiary/aromatic N) is 2. The highest BCUT2D eigenvalue weighted by Gasteiger charge is 2.43. The molecule has 98 valence electrons. The Morgan fingerprint density at radius 3 is 1.82 bits per heavy atom. The van der Waals surface area contributed by atoms with E-state index in [4.69, 9.17) is 0 Å². The zero-order chi connectivity index (χ0) is 12.9. The molecule has 1 saturated carbocycles. The van der Waals surface area contributed by atoms with Gasteiger partial charge in [0, 0.05) is 0 Å². The molecule has 0 bridgehead atoms. The van der Waals surface area contributed by atoms with Gasteiger partial charge in [-0.25, -0.2) is 0 Å². The van der Waals surface area contributed by atoms with Crippen LogP contribution >= 0.6 is 0 Å². The Morgan fingerprint density at radius 1 is 0.941 bits per heavy atom. The lowest BCUT2D eigenvalue weighted by molar-refractivity contribution is 0.0762. The number of likely N-dealkylation sites (tertiary alicyclic amines) is 1. The second-order valence-electron chi connectivity index (χ2n) is 6.00. The van der Waals surface area contributed by atoms with Gasteiger partial charge in [0.15, 0.2) is 0 Å². The van der Waals surface area contributed by atoms with Crippen molar-refractivity contribution in [1.82, 2.24) is 4.90 Å². The minimum Gasteiger partial charge on any atom is -0.286 e. The predicted molar refractivity (Wildman–Crippen MR) is 72.7 cm³/mol. The summed E-state index contributed by atoms with van der Waals surface area (Å²) < 4.78 is 0. The van der Waals surface area contributed by atoms with E-state index in [1.807, 2.05) is 13.8 Å². The van der Waals surface area contributed by atoms with E-state index in [1.54, 1.807) is 0 Å². The van der Waals surface area contributed by atoms with Gasteiger partial charge in [-0.3, -0.25) is 4.90 Å². The van der Waals surface area contributed by atoms with E-state index < -0.39 is 0 Å². The van der Waals surface area contributed by atoms with Crippen molar-refractivity contribution in [1.29, 1.82) is 5.26 Å². The molecule has 1 heterocycles. The van der Waals surface area contributed by atoms with Crippen LogP contribution in [0.2, 0.25) is 0 Å². The van der Waals surface area contributed by atoms with Crippen LogP contribution in [0.4, 0.5) is 0 Å². The van der Waals surface area contributed by atoms with Crippen LogP contribution in [0.1, 0.15) is 66.2 Å². The van der Waals surface area contributed by atoms with Gasteiger partial charge in [0.25, 0.3) is 0 Å². The molecule has 0 radical (unpaired) electrons. The maximum Gasteiger partial charge on any atom is 0.109 e. The minimum atomic E-state index is -0.105. The monoisotopic (exact) mass is 236 g/mol. The fourth-order valence-electron chi connectivity index (χ4n) is 2.98. The maximum absolute atomic E-state index is 9.48. The van der Waals surface area contributed by atoms with Crippen molar-refractivity contribution in [2.75, 3.05) is 13.1 Å². The van der Waals surface area contributed by atoms with Gasteiger partial charge >= 0.3 is 0 Å². The lowest BCUT2D eigenvalue weighted by Crippen LogP contribution is -2.49. The molecule has 2 heteroatoms. The van der Waals surface area contributed by atoms with E-state index in [9.17, 15) is 5.26 Å². The SMILES string of the molecule is CC.CC1(C)CCC(C#N)(N2CCCC2)CC1. The first-order chi connectivity index (χ1) is 8.08. The van der Waals surface area contributed by atoms with Gasteiger partial charge in [-0.2, -0.15) is 5.26 Å².